The molecule has 0 aromatic carbocycles. The minimum atomic E-state index is -0.293. The molecule has 0 amide bonds. The van der Waals surface area contributed by atoms with Crippen molar-refractivity contribution < 1.29 is 9.52 Å². The van der Waals surface area contributed by atoms with E-state index < -0.39 is 0 Å². The van der Waals surface area contributed by atoms with Crippen LogP contribution in [-0.2, 0) is 6.54 Å². The molecule has 0 aliphatic heterocycles. The lowest BCUT2D eigenvalue weighted by molar-refractivity contribution is 0.112. The van der Waals surface area contributed by atoms with Gasteiger partial charge < -0.3 is 9.52 Å². The van der Waals surface area contributed by atoms with E-state index in [9.17, 15) is 5.11 Å². The summed E-state index contributed by atoms with van der Waals surface area (Å²) in [6.45, 7) is 6.97. The Bertz CT molecular complexity index is 319. The number of aryl methyl sites for hydroxylation is 1. The van der Waals surface area contributed by atoms with Crippen LogP contribution in [0.5, 0.6) is 0 Å². The van der Waals surface area contributed by atoms with Crippen LogP contribution in [-0.4, -0.2) is 29.7 Å². The molecule has 3 heteroatoms. The molecular weight excluding hydrogens is 202 g/mol. The average Bonchev–Trinajstić information content (AvgIpc) is 2.60. The van der Waals surface area contributed by atoms with Gasteiger partial charge in [-0.05, 0) is 38.9 Å². The van der Waals surface area contributed by atoms with E-state index in [1.165, 1.54) is 0 Å². The van der Waals surface area contributed by atoms with Gasteiger partial charge in [-0.3, -0.25) is 4.90 Å². The van der Waals surface area contributed by atoms with Crippen LogP contribution < -0.4 is 0 Å². The fourth-order valence-corrected chi connectivity index (χ4v) is 1.66. The van der Waals surface area contributed by atoms with Gasteiger partial charge in [-0.25, -0.2) is 0 Å². The molecule has 1 N–H and O–H groups in total. The zero-order valence-corrected chi connectivity index (χ0v) is 10.1. The monoisotopic (exact) mass is 223 g/mol. The lowest BCUT2D eigenvalue weighted by Crippen LogP contribution is -2.28. The Kier molecular flexibility index (Phi) is 5.29. The van der Waals surface area contributed by atoms with Crippen LogP contribution in [0.2, 0.25) is 0 Å². The van der Waals surface area contributed by atoms with Crippen molar-refractivity contribution in [1.29, 1.82) is 0 Å². The number of nitrogens with zero attached hydrogens (tertiary/aromatic N) is 1. The highest BCUT2D eigenvalue weighted by Gasteiger charge is 2.09. The summed E-state index contributed by atoms with van der Waals surface area (Å²) in [5, 5.41) is 9.71. The molecule has 0 spiro atoms. The number of aliphatic hydroxyl groups excluding tert-OH is 1. The van der Waals surface area contributed by atoms with E-state index >= 15 is 0 Å². The molecule has 0 radical (unpaired) electrons. The maximum Gasteiger partial charge on any atom is 0.118 e. The molecule has 0 aliphatic carbocycles. The third-order valence-electron chi connectivity index (χ3n) is 2.45. The molecule has 0 bridgehead atoms. The van der Waals surface area contributed by atoms with Crippen LogP contribution in [0.25, 0.3) is 0 Å². The van der Waals surface area contributed by atoms with E-state index in [1.54, 1.807) is 0 Å². The first-order chi connectivity index (χ1) is 7.61. The van der Waals surface area contributed by atoms with Crippen LogP contribution in [0, 0.1) is 6.92 Å². The molecule has 3 nitrogen and oxygen atoms in total. The van der Waals surface area contributed by atoms with Gasteiger partial charge in [0.05, 0.1) is 12.6 Å². The topological polar surface area (TPSA) is 36.6 Å². The summed E-state index contributed by atoms with van der Waals surface area (Å²) in [5.74, 6) is 1.87. The molecule has 1 aromatic rings. The summed E-state index contributed by atoms with van der Waals surface area (Å²) in [7, 11) is 1.98. The van der Waals surface area contributed by atoms with Crippen molar-refractivity contribution in [2.45, 2.75) is 32.4 Å². The summed E-state index contributed by atoms with van der Waals surface area (Å²) in [6, 6.07) is 3.93. The summed E-state index contributed by atoms with van der Waals surface area (Å²) in [5.41, 5.74) is 0. The van der Waals surface area contributed by atoms with Gasteiger partial charge in [0.15, 0.2) is 0 Å². The highest BCUT2D eigenvalue weighted by atomic mass is 16.3. The predicted octanol–water partition coefficient (Wildman–Crippen LogP) is 2.35. The molecule has 1 aromatic heterocycles. The molecule has 1 unspecified atom stereocenters. The number of allylic oxidation sites excluding steroid dienone is 1. The predicted molar refractivity (Wildman–Crippen MR) is 65.2 cm³/mol. The largest absolute Gasteiger partial charge is 0.465 e. The number of likely N-dealkylation sites (N-methyl/N-ethyl adjacent to an activating group) is 1. The molecule has 90 valence electrons. The molecule has 0 saturated heterocycles. The van der Waals surface area contributed by atoms with Crippen molar-refractivity contribution in [3.63, 3.8) is 0 Å². The van der Waals surface area contributed by atoms with Crippen LogP contribution in [0.1, 0.15) is 24.4 Å². The highest BCUT2D eigenvalue weighted by molar-refractivity contribution is 5.05. The Hall–Kier alpha value is -1.06. The van der Waals surface area contributed by atoms with Gasteiger partial charge in [-0.1, -0.05) is 6.08 Å². The molecule has 1 heterocycles. The molecule has 0 aliphatic rings. The maximum atomic E-state index is 9.71. The number of aliphatic hydroxyl groups is 1. The SMILES string of the molecule is C=CCCC(O)CN(C)Cc1ccc(C)o1. The van der Waals surface area contributed by atoms with Gasteiger partial charge in [0, 0.05) is 6.54 Å². The zero-order valence-electron chi connectivity index (χ0n) is 10.1. The smallest absolute Gasteiger partial charge is 0.118 e. The van der Waals surface area contributed by atoms with Crippen LogP contribution >= 0.6 is 0 Å². The van der Waals surface area contributed by atoms with Crippen LogP contribution in [0.3, 0.4) is 0 Å². The third-order valence-corrected chi connectivity index (χ3v) is 2.45. The molecule has 1 rings (SSSR count). The summed E-state index contributed by atoms with van der Waals surface area (Å²) in [4.78, 5) is 2.06. The third kappa shape index (κ3) is 4.64. The second-order valence-electron chi connectivity index (χ2n) is 4.23. The fourth-order valence-electron chi connectivity index (χ4n) is 1.66. The average molecular weight is 223 g/mol. The normalized spacial score (nSPS) is 13.0. The number of rotatable bonds is 7. The van der Waals surface area contributed by atoms with Crippen molar-refractivity contribution in [2.75, 3.05) is 13.6 Å². The van der Waals surface area contributed by atoms with E-state index in [0.717, 1.165) is 30.9 Å². The Morgan fingerprint density at radius 3 is 2.88 bits per heavy atom. The number of hydrogen-bond acceptors (Lipinski definition) is 3. The minimum absolute atomic E-state index is 0.293. The lowest BCUT2D eigenvalue weighted by Gasteiger charge is -2.19. The van der Waals surface area contributed by atoms with E-state index in [0.29, 0.717) is 6.54 Å². The fraction of sp³-hybridized carbons (Fsp3) is 0.538. The van der Waals surface area contributed by atoms with Crippen molar-refractivity contribution in [3.8, 4) is 0 Å². The highest BCUT2D eigenvalue weighted by Crippen LogP contribution is 2.09. The van der Waals surface area contributed by atoms with Gasteiger partial charge in [-0.15, -0.1) is 6.58 Å². The first-order valence-electron chi connectivity index (χ1n) is 5.64. The van der Waals surface area contributed by atoms with E-state index in [-0.39, 0.29) is 6.10 Å². The second-order valence-corrected chi connectivity index (χ2v) is 4.23. The lowest BCUT2D eigenvalue weighted by atomic mass is 10.2. The van der Waals surface area contributed by atoms with Gasteiger partial charge in [0.1, 0.15) is 11.5 Å². The Morgan fingerprint density at radius 1 is 1.56 bits per heavy atom. The summed E-state index contributed by atoms with van der Waals surface area (Å²) < 4.78 is 5.48. The summed E-state index contributed by atoms with van der Waals surface area (Å²) >= 11 is 0. The van der Waals surface area contributed by atoms with Crippen LogP contribution in [0.15, 0.2) is 29.2 Å². The van der Waals surface area contributed by atoms with Crippen molar-refractivity contribution in [1.82, 2.24) is 4.90 Å². The van der Waals surface area contributed by atoms with Gasteiger partial charge >= 0.3 is 0 Å². The molecular formula is C13H21NO2. The van der Waals surface area contributed by atoms with Crippen LogP contribution in [0.4, 0.5) is 0 Å². The van der Waals surface area contributed by atoms with Gasteiger partial charge in [0.2, 0.25) is 0 Å². The Balaban J connectivity index is 2.29. The second kappa shape index (κ2) is 6.51. The van der Waals surface area contributed by atoms with Gasteiger partial charge in [0.25, 0.3) is 0 Å². The van der Waals surface area contributed by atoms with E-state index in [4.69, 9.17) is 4.42 Å². The van der Waals surface area contributed by atoms with Crippen molar-refractivity contribution in [3.05, 3.63) is 36.3 Å². The molecule has 16 heavy (non-hydrogen) atoms. The first-order valence-corrected chi connectivity index (χ1v) is 5.64. The Labute approximate surface area is 97.4 Å². The molecule has 1 atom stereocenters. The van der Waals surface area contributed by atoms with Crippen molar-refractivity contribution >= 4 is 0 Å². The van der Waals surface area contributed by atoms with Gasteiger partial charge in [-0.2, -0.15) is 0 Å². The molecule has 0 saturated carbocycles. The Morgan fingerprint density at radius 2 is 2.31 bits per heavy atom. The van der Waals surface area contributed by atoms with E-state index in [1.807, 2.05) is 32.2 Å². The van der Waals surface area contributed by atoms with Crippen molar-refractivity contribution in [2.24, 2.45) is 0 Å². The van der Waals surface area contributed by atoms with E-state index in [2.05, 4.69) is 11.5 Å². The number of hydrogen-bond donors (Lipinski definition) is 1. The molecule has 0 fully saturated rings. The standard InChI is InChI=1S/C13H21NO2/c1-4-5-6-12(15)9-14(3)10-13-8-7-11(2)16-13/h4,7-8,12,15H,1,5-6,9-10H2,2-3H3. The quantitative estimate of drug-likeness (QED) is 0.721. The number of furan rings is 1. The maximum absolute atomic E-state index is 9.71. The first kappa shape index (κ1) is 13.0. The minimum Gasteiger partial charge on any atom is -0.465 e. The summed E-state index contributed by atoms with van der Waals surface area (Å²) in [6.07, 6.45) is 3.16. The zero-order chi connectivity index (χ0) is 12.0.